The number of aromatic nitrogens is 1. The zero-order valence-electron chi connectivity index (χ0n) is 19.3. The van der Waals surface area contributed by atoms with Crippen molar-refractivity contribution in [3.05, 3.63) is 107 Å². The van der Waals surface area contributed by atoms with Crippen LogP contribution in [0.1, 0.15) is 48.1 Å². The van der Waals surface area contributed by atoms with Gasteiger partial charge in [0.05, 0.1) is 0 Å². The number of carboxylic acid groups (broad SMARTS) is 1. The van der Waals surface area contributed by atoms with Gasteiger partial charge in [0.15, 0.2) is 6.61 Å². The molecule has 0 spiro atoms. The summed E-state index contributed by atoms with van der Waals surface area (Å²) in [5.74, 6) is -0.276. The number of hydrogen-bond donors (Lipinski definition) is 2. The average Bonchev–Trinajstić information content (AvgIpc) is 2.87. The van der Waals surface area contributed by atoms with Gasteiger partial charge < -0.3 is 9.84 Å². The van der Waals surface area contributed by atoms with Gasteiger partial charge in [-0.1, -0.05) is 54.1 Å². The van der Waals surface area contributed by atoms with Crippen molar-refractivity contribution in [2.75, 3.05) is 6.61 Å². The molecule has 0 saturated carbocycles. The Hall–Kier alpha value is -3.48. The van der Waals surface area contributed by atoms with E-state index in [0.29, 0.717) is 5.75 Å². The van der Waals surface area contributed by atoms with Crippen molar-refractivity contribution in [1.29, 1.82) is 0 Å². The van der Waals surface area contributed by atoms with Crippen molar-refractivity contribution >= 4 is 5.97 Å². The van der Waals surface area contributed by atoms with E-state index in [1.54, 1.807) is 12.4 Å². The Morgan fingerprint density at radius 2 is 1.82 bits per heavy atom. The molecule has 0 bridgehead atoms. The Balaban J connectivity index is 1.35. The van der Waals surface area contributed by atoms with Gasteiger partial charge in [-0.3, -0.25) is 9.82 Å². The third-order valence-electron chi connectivity index (χ3n) is 5.95. The van der Waals surface area contributed by atoms with Crippen LogP contribution < -0.4 is 10.2 Å². The number of nitrogens with one attached hydrogen (secondary N) is 1. The molecule has 1 aliphatic rings. The van der Waals surface area contributed by atoms with Crippen LogP contribution in [0.2, 0.25) is 0 Å². The third-order valence-corrected chi connectivity index (χ3v) is 5.95. The zero-order chi connectivity index (χ0) is 23.8. The number of carbonyl (C=O) groups is 1. The quantitative estimate of drug-likeness (QED) is 0.327. The van der Waals surface area contributed by atoms with Gasteiger partial charge in [-0.2, -0.15) is 5.48 Å². The Kier molecular flexibility index (Phi) is 8.07. The predicted octanol–water partition coefficient (Wildman–Crippen LogP) is 5.05. The summed E-state index contributed by atoms with van der Waals surface area (Å²) in [6.45, 7) is 1.80. The van der Waals surface area contributed by atoms with Crippen LogP contribution in [-0.2, 0) is 22.5 Å². The number of nitrogens with zero attached hydrogens (tertiary/aromatic N) is 1. The van der Waals surface area contributed by atoms with Gasteiger partial charge in [-0.25, -0.2) is 4.79 Å². The lowest BCUT2D eigenvalue weighted by Gasteiger charge is -2.23. The smallest absolute Gasteiger partial charge is 0.341 e. The Bertz CT molecular complexity index is 1080. The molecule has 1 aliphatic carbocycles. The fourth-order valence-electron chi connectivity index (χ4n) is 4.20. The third kappa shape index (κ3) is 6.31. The summed E-state index contributed by atoms with van der Waals surface area (Å²) in [5.41, 5.74) is 9.07. The molecule has 2 atom stereocenters. The van der Waals surface area contributed by atoms with Crippen molar-refractivity contribution < 1.29 is 19.5 Å². The fourth-order valence-corrected chi connectivity index (χ4v) is 4.20. The molecular formula is C28H30N2O4. The normalized spacial score (nSPS) is 16.0. The molecule has 0 aliphatic heterocycles. The molecule has 6 heteroatoms. The number of carboxylic acids is 1. The molecule has 176 valence electrons. The van der Waals surface area contributed by atoms with E-state index in [1.165, 1.54) is 11.1 Å². The number of benzene rings is 2. The summed E-state index contributed by atoms with van der Waals surface area (Å²) >= 11 is 0. The van der Waals surface area contributed by atoms with Crippen LogP contribution >= 0.6 is 0 Å². The van der Waals surface area contributed by atoms with Crippen LogP contribution in [-0.4, -0.2) is 28.7 Å². The van der Waals surface area contributed by atoms with E-state index in [4.69, 9.17) is 14.7 Å². The molecule has 2 unspecified atom stereocenters. The van der Waals surface area contributed by atoms with Gasteiger partial charge in [0.25, 0.3) is 0 Å². The lowest BCUT2D eigenvalue weighted by Crippen LogP contribution is -2.28. The fraction of sp³-hybridized carbons (Fsp3) is 0.286. The Labute approximate surface area is 200 Å². The SMILES string of the molecule is CC(CC=C1CCc2c(cccc2OCC(=O)O)C1)NOC(c1ccccc1)c1ccncc1. The zero-order valence-corrected chi connectivity index (χ0v) is 19.3. The van der Waals surface area contributed by atoms with Gasteiger partial charge >= 0.3 is 5.97 Å². The second-order valence-corrected chi connectivity index (χ2v) is 8.56. The van der Waals surface area contributed by atoms with E-state index in [1.807, 2.05) is 42.5 Å². The summed E-state index contributed by atoms with van der Waals surface area (Å²) in [7, 11) is 0. The highest BCUT2D eigenvalue weighted by Crippen LogP contribution is 2.32. The Morgan fingerprint density at radius 3 is 2.59 bits per heavy atom. The largest absolute Gasteiger partial charge is 0.482 e. The van der Waals surface area contributed by atoms with Gasteiger partial charge in [0, 0.05) is 18.4 Å². The highest BCUT2D eigenvalue weighted by atomic mass is 16.7. The van der Waals surface area contributed by atoms with Crippen molar-refractivity contribution in [3.8, 4) is 5.75 Å². The number of pyridine rings is 1. The van der Waals surface area contributed by atoms with E-state index >= 15 is 0 Å². The minimum Gasteiger partial charge on any atom is -0.482 e. The molecule has 0 fully saturated rings. The molecular weight excluding hydrogens is 428 g/mol. The van der Waals surface area contributed by atoms with Gasteiger partial charge in [0.2, 0.25) is 0 Å². The number of hydrogen-bond acceptors (Lipinski definition) is 5. The van der Waals surface area contributed by atoms with Crippen LogP contribution in [0, 0.1) is 0 Å². The summed E-state index contributed by atoms with van der Waals surface area (Å²) in [6, 6.07) is 20.1. The molecule has 1 aromatic heterocycles. The lowest BCUT2D eigenvalue weighted by molar-refractivity contribution is -0.139. The van der Waals surface area contributed by atoms with E-state index in [9.17, 15) is 4.79 Å². The molecule has 0 amide bonds. The first-order valence-electron chi connectivity index (χ1n) is 11.6. The molecule has 3 aromatic rings. The van der Waals surface area contributed by atoms with Crippen LogP contribution in [0.15, 0.2) is 84.7 Å². The number of rotatable bonds is 10. The minimum atomic E-state index is -0.962. The minimum absolute atomic E-state index is 0.132. The molecule has 4 rings (SSSR count). The van der Waals surface area contributed by atoms with Crippen molar-refractivity contribution in [2.24, 2.45) is 0 Å². The van der Waals surface area contributed by atoms with E-state index in [0.717, 1.165) is 42.4 Å². The van der Waals surface area contributed by atoms with Gasteiger partial charge in [-0.05, 0) is 73.1 Å². The molecule has 2 aromatic carbocycles. The van der Waals surface area contributed by atoms with E-state index < -0.39 is 5.97 Å². The maximum absolute atomic E-state index is 10.8. The van der Waals surface area contributed by atoms with Crippen LogP contribution in [0.5, 0.6) is 5.75 Å². The monoisotopic (exact) mass is 458 g/mol. The first kappa shape index (κ1) is 23.7. The van der Waals surface area contributed by atoms with E-state index in [2.05, 4.69) is 41.7 Å². The van der Waals surface area contributed by atoms with Crippen molar-refractivity contribution in [2.45, 2.75) is 44.8 Å². The standard InChI is InChI=1S/C28H30N2O4/c1-20(30-34-28(22-6-3-2-4-7-22)23-14-16-29-17-15-23)10-11-21-12-13-25-24(18-21)8-5-9-26(25)33-19-27(31)32/h2-9,11,14-17,20,28,30H,10,12-13,18-19H2,1H3,(H,31,32). The number of allylic oxidation sites excluding steroid dienone is 1. The summed E-state index contributed by atoms with van der Waals surface area (Å²) in [6.07, 6.45) is 9.13. The number of fused-ring (bicyclic) bond motifs is 1. The van der Waals surface area contributed by atoms with Crippen LogP contribution in [0.25, 0.3) is 0 Å². The van der Waals surface area contributed by atoms with Crippen molar-refractivity contribution in [1.82, 2.24) is 10.5 Å². The molecule has 0 radical (unpaired) electrons. The maximum Gasteiger partial charge on any atom is 0.341 e. The molecule has 2 N–H and O–H groups in total. The molecule has 34 heavy (non-hydrogen) atoms. The summed E-state index contributed by atoms with van der Waals surface area (Å²) in [4.78, 5) is 21.1. The maximum atomic E-state index is 10.8. The topological polar surface area (TPSA) is 80.7 Å². The van der Waals surface area contributed by atoms with Crippen LogP contribution in [0.4, 0.5) is 0 Å². The van der Waals surface area contributed by atoms with Crippen LogP contribution in [0.3, 0.4) is 0 Å². The highest BCUT2D eigenvalue weighted by molar-refractivity contribution is 5.68. The summed E-state index contributed by atoms with van der Waals surface area (Å²) in [5, 5.41) is 8.90. The lowest BCUT2D eigenvalue weighted by atomic mass is 9.87. The number of ether oxygens (including phenoxy) is 1. The first-order valence-corrected chi connectivity index (χ1v) is 11.6. The average molecular weight is 459 g/mol. The number of aliphatic carboxylic acids is 1. The highest BCUT2D eigenvalue weighted by Gasteiger charge is 2.19. The predicted molar refractivity (Wildman–Crippen MR) is 131 cm³/mol. The number of hydroxylamine groups is 1. The molecule has 6 nitrogen and oxygen atoms in total. The van der Waals surface area contributed by atoms with Gasteiger partial charge in [-0.15, -0.1) is 0 Å². The first-order chi connectivity index (χ1) is 16.6. The second kappa shape index (κ2) is 11.6. The second-order valence-electron chi connectivity index (χ2n) is 8.56. The summed E-state index contributed by atoms with van der Waals surface area (Å²) < 4.78 is 5.48. The van der Waals surface area contributed by atoms with Gasteiger partial charge in [0.1, 0.15) is 11.9 Å². The molecule has 0 saturated heterocycles. The van der Waals surface area contributed by atoms with Crippen molar-refractivity contribution in [3.63, 3.8) is 0 Å². The molecule has 1 heterocycles. The Morgan fingerprint density at radius 1 is 1.06 bits per heavy atom. The van der Waals surface area contributed by atoms with E-state index in [-0.39, 0.29) is 18.8 Å².